The molecule has 0 unspecified atom stereocenters. The van der Waals surface area contributed by atoms with Crippen LogP contribution < -0.4 is 14.2 Å². The quantitative estimate of drug-likeness (QED) is 0.591. The Morgan fingerprint density at radius 3 is 1.96 bits per heavy atom. The van der Waals surface area contributed by atoms with Crippen LogP contribution in [0.2, 0.25) is 0 Å². The van der Waals surface area contributed by atoms with Gasteiger partial charge in [0.1, 0.15) is 0 Å². The van der Waals surface area contributed by atoms with Crippen molar-refractivity contribution in [3.8, 4) is 17.2 Å². The van der Waals surface area contributed by atoms with E-state index in [4.69, 9.17) is 14.2 Å². The number of carbonyl (C=O) groups is 1. The Morgan fingerprint density at radius 1 is 0.958 bits per heavy atom. The summed E-state index contributed by atoms with van der Waals surface area (Å²) < 4.78 is 15.7. The zero-order valence-electron chi connectivity index (χ0n) is 14.7. The van der Waals surface area contributed by atoms with Crippen molar-refractivity contribution in [2.24, 2.45) is 0 Å². The largest absolute Gasteiger partial charge is 0.493 e. The molecule has 1 aromatic heterocycles. The second-order valence-electron chi connectivity index (χ2n) is 4.39. The summed E-state index contributed by atoms with van der Waals surface area (Å²) in [7, 11) is 4.54. The normalized spacial score (nSPS) is 9.88. The molecule has 0 spiro atoms. The third-order valence-electron chi connectivity index (χ3n) is 3.08. The van der Waals surface area contributed by atoms with Crippen molar-refractivity contribution >= 4 is 11.9 Å². The van der Waals surface area contributed by atoms with Gasteiger partial charge in [0, 0.05) is 18.0 Å². The Hall–Kier alpha value is -2.82. The molecule has 24 heavy (non-hydrogen) atoms. The first kappa shape index (κ1) is 19.2. The number of benzene rings is 1. The molecule has 1 heterocycles. The fourth-order valence-corrected chi connectivity index (χ4v) is 1.97. The number of hydrogen-bond donors (Lipinski definition) is 0. The second-order valence-corrected chi connectivity index (χ2v) is 4.39. The summed E-state index contributed by atoms with van der Waals surface area (Å²) in [6, 6.07) is 6.89. The molecule has 0 radical (unpaired) electrons. The van der Waals surface area contributed by atoms with Crippen molar-refractivity contribution in [3.63, 3.8) is 0 Å². The molecule has 0 aliphatic carbocycles. The van der Waals surface area contributed by atoms with E-state index in [2.05, 4.69) is 4.98 Å². The summed E-state index contributed by atoms with van der Waals surface area (Å²) in [5.41, 5.74) is 1.36. The van der Waals surface area contributed by atoms with Crippen molar-refractivity contribution < 1.29 is 19.0 Å². The van der Waals surface area contributed by atoms with Crippen molar-refractivity contribution in [3.05, 3.63) is 53.9 Å². The minimum atomic E-state index is -0.156. The van der Waals surface area contributed by atoms with Gasteiger partial charge in [-0.3, -0.25) is 9.78 Å². The molecule has 0 saturated heterocycles. The molecule has 0 bridgehead atoms. The number of hydrogen-bond acceptors (Lipinski definition) is 5. The Kier molecular flexibility index (Phi) is 8.05. The molecule has 0 saturated carbocycles. The summed E-state index contributed by atoms with van der Waals surface area (Å²) in [6.45, 7) is 4.00. The molecule has 2 rings (SSSR count). The number of aromatic nitrogens is 1. The van der Waals surface area contributed by atoms with Crippen molar-refractivity contribution in [2.45, 2.75) is 13.8 Å². The van der Waals surface area contributed by atoms with Gasteiger partial charge in [0.15, 0.2) is 17.3 Å². The summed E-state index contributed by atoms with van der Waals surface area (Å²) in [6.07, 6.45) is 6.57. The van der Waals surface area contributed by atoms with Gasteiger partial charge in [-0.25, -0.2) is 0 Å². The molecule has 0 aliphatic heterocycles. The van der Waals surface area contributed by atoms with E-state index < -0.39 is 0 Å². The lowest BCUT2D eigenvalue weighted by atomic mass is 10.1. The van der Waals surface area contributed by atoms with E-state index in [0.717, 1.165) is 5.56 Å². The number of carbonyl (C=O) groups excluding carboxylic acids is 1. The van der Waals surface area contributed by atoms with Gasteiger partial charge in [-0.1, -0.05) is 19.9 Å². The molecular formula is C19H23NO4. The first-order chi connectivity index (χ1) is 11.7. The summed E-state index contributed by atoms with van der Waals surface area (Å²) in [5, 5.41) is 0. The smallest absolute Gasteiger partial charge is 0.203 e. The lowest BCUT2D eigenvalue weighted by Gasteiger charge is -2.13. The van der Waals surface area contributed by atoms with Gasteiger partial charge in [-0.15, -0.1) is 0 Å². The average molecular weight is 329 g/mol. The van der Waals surface area contributed by atoms with Crippen molar-refractivity contribution in [1.82, 2.24) is 4.98 Å². The number of pyridine rings is 1. The zero-order valence-corrected chi connectivity index (χ0v) is 14.7. The summed E-state index contributed by atoms with van der Waals surface area (Å²) >= 11 is 0. The Balaban J connectivity index is 0.00000139. The SMILES string of the molecule is CC.COc1cc(C(=O)/C=C/c2ccncc2)cc(OC)c1OC. The third-order valence-corrected chi connectivity index (χ3v) is 3.08. The highest BCUT2D eigenvalue weighted by molar-refractivity contribution is 6.07. The fraction of sp³-hybridized carbons (Fsp3) is 0.263. The molecule has 0 N–H and O–H groups in total. The van der Waals surface area contributed by atoms with Crippen LogP contribution in [0.1, 0.15) is 29.8 Å². The van der Waals surface area contributed by atoms with E-state index in [9.17, 15) is 4.79 Å². The second kappa shape index (κ2) is 10.0. The molecule has 0 amide bonds. The zero-order chi connectivity index (χ0) is 17.9. The van der Waals surface area contributed by atoms with Crippen LogP contribution in [0.5, 0.6) is 17.2 Å². The predicted molar refractivity (Wildman–Crippen MR) is 95.0 cm³/mol. The lowest BCUT2D eigenvalue weighted by Crippen LogP contribution is -2.00. The van der Waals surface area contributed by atoms with Crippen LogP contribution >= 0.6 is 0 Å². The van der Waals surface area contributed by atoms with Crippen molar-refractivity contribution in [1.29, 1.82) is 0 Å². The van der Waals surface area contributed by atoms with Crippen LogP contribution in [0.15, 0.2) is 42.7 Å². The van der Waals surface area contributed by atoms with E-state index in [0.29, 0.717) is 22.8 Å². The highest BCUT2D eigenvalue weighted by Gasteiger charge is 2.15. The van der Waals surface area contributed by atoms with Crippen LogP contribution in [-0.4, -0.2) is 32.1 Å². The van der Waals surface area contributed by atoms with Crippen LogP contribution in [-0.2, 0) is 0 Å². The van der Waals surface area contributed by atoms with Crippen LogP contribution in [0.3, 0.4) is 0 Å². The molecule has 0 aliphatic rings. The maximum Gasteiger partial charge on any atom is 0.203 e. The monoisotopic (exact) mass is 329 g/mol. The van der Waals surface area contributed by atoms with Gasteiger partial charge < -0.3 is 14.2 Å². The molecule has 1 aromatic carbocycles. The highest BCUT2D eigenvalue weighted by Crippen LogP contribution is 2.38. The predicted octanol–water partition coefficient (Wildman–Crippen LogP) is 4.03. The molecule has 0 fully saturated rings. The summed E-state index contributed by atoms with van der Waals surface area (Å²) in [5.74, 6) is 1.20. The van der Waals surface area contributed by atoms with Gasteiger partial charge in [0.2, 0.25) is 5.75 Å². The minimum absolute atomic E-state index is 0.156. The number of allylic oxidation sites excluding steroid dienone is 1. The Labute approximate surface area is 142 Å². The molecule has 5 nitrogen and oxygen atoms in total. The topological polar surface area (TPSA) is 57.7 Å². The fourth-order valence-electron chi connectivity index (χ4n) is 1.97. The van der Waals surface area contributed by atoms with Crippen LogP contribution in [0.25, 0.3) is 6.08 Å². The van der Waals surface area contributed by atoms with Crippen LogP contribution in [0.4, 0.5) is 0 Å². The minimum Gasteiger partial charge on any atom is -0.493 e. The van der Waals surface area contributed by atoms with Gasteiger partial charge >= 0.3 is 0 Å². The third kappa shape index (κ3) is 4.84. The van der Waals surface area contributed by atoms with Gasteiger partial charge in [-0.2, -0.15) is 0 Å². The van der Waals surface area contributed by atoms with Gasteiger partial charge in [-0.05, 0) is 35.9 Å². The highest BCUT2D eigenvalue weighted by atomic mass is 16.5. The number of rotatable bonds is 6. The summed E-state index contributed by atoms with van der Waals surface area (Å²) in [4.78, 5) is 16.2. The van der Waals surface area contributed by atoms with E-state index >= 15 is 0 Å². The number of nitrogens with zero attached hydrogens (tertiary/aromatic N) is 1. The van der Waals surface area contributed by atoms with E-state index in [1.165, 1.54) is 27.4 Å². The lowest BCUT2D eigenvalue weighted by molar-refractivity contribution is 0.104. The van der Waals surface area contributed by atoms with E-state index in [1.54, 1.807) is 30.6 Å². The van der Waals surface area contributed by atoms with Gasteiger partial charge in [0.05, 0.1) is 21.3 Å². The van der Waals surface area contributed by atoms with E-state index in [-0.39, 0.29) is 5.78 Å². The van der Waals surface area contributed by atoms with Crippen LogP contribution in [0, 0.1) is 0 Å². The number of ketones is 1. The Morgan fingerprint density at radius 2 is 1.50 bits per heavy atom. The van der Waals surface area contributed by atoms with E-state index in [1.807, 2.05) is 26.0 Å². The molecular weight excluding hydrogens is 306 g/mol. The maximum atomic E-state index is 12.3. The molecule has 128 valence electrons. The standard InChI is InChI=1S/C17H17NO4.C2H6/c1-20-15-10-13(11-16(21-2)17(15)22-3)14(19)5-4-12-6-8-18-9-7-12;1-2/h4-11H,1-3H3;1-2H3/b5-4+;. The average Bonchev–Trinajstić information content (AvgIpc) is 2.67. The van der Waals surface area contributed by atoms with Gasteiger partial charge in [0.25, 0.3) is 0 Å². The molecule has 2 aromatic rings. The molecule has 5 heteroatoms. The Bertz CT molecular complexity index is 656. The molecule has 0 atom stereocenters. The number of methoxy groups -OCH3 is 3. The maximum absolute atomic E-state index is 12.3. The first-order valence-electron chi connectivity index (χ1n) is 7.62. The van der Waals surface area contributed by atoms with Crippen molar-refractivity contribution in [2.75, 3.05) is 21.3 Å². The first-order valence-corrected chi connectivity index (χ1v) is 7.62. The number of ether oxygens (including phenoxy) is 3.